The fourth-order valence-corrected chi connectivity index (χ4v) is 9.77. The van der Waals surface area contributed by atoms with Crippen LogP contribution in [0.5, 0.6) is 0 Å². The number of hydrogen-bond donors (Lipinski definition) is 0. The van der Waals surface area contributed by atoms with Gasteiger partial charge in [-0.25, -0.2) is 15.0 Å². The quantitative estimate of drug-likeness (QED) is 0.175. The third-order valence-electron chi connectivity index (χ3n) is 12.3. The molecule has 13 rings (SSSR count). The van der Waals surface area contributed by atoms with Gasteiger partial charge in [0.15, 0.2) is 17.5 Å². The summed E-state index contributed by atoms with van der Waals surface area (Å²) in [5.74, 6) is 1.91. The van der Waals surface area contributed by atoms with Crippen molar-refractivity contribution < 1.29 is 0 Å². The van der Waals surface area contributed by atoms with Gasteiger partial charge in [0.05, 0.1) is 22.1 Å². The van der Waals surface area contributed by atoms with Gasteiger partial charge in [0.2, 0.25) is 0 Å². The van der Waals surface area contributed by atoms with Crippen LogP contribution in [0, 0.1) is 0 Å². The summed E-state index contributed by atoms with van der Waals surface area (Å²) in [5, 5.41) is 7.55. The molecule has 0 fully saturated rings. The van der Waals surface area contributed by atoms with Crippen molar-refractivity contribution in [3.63, 3.8) is 0 Å². The van der Waals surface area contributed by atoms with E-state index in [0.29, 0.717) is 17.5 Å². The molecule has 0 unspecified atom stereocenters. The molecule has 278 valence electrons. The first-order valence-electron chi connectivity index (χ1n) is 20.4. The smallest absolute Gasteiger partial charge is 0.164 e. The summed E-state index contributed by atoms with van der Waals surface area (Å²) in [6.07, 6.45) is 0. The normalized spacial score (nSPS) is 12.0. The van der Waals surface area contributed by atoms with Gasteiger partial charge < -0.3 is 9.13 Å². The van der Waals surface area contributed by atoms with Crippen LogP contribution in [-0.4, -0.2) is 24.1 Å². The molecule has 0 atom stereocenters. The zero-order chi connectivity index (χ0) is 39.3. The Bertz CT molecular complexity index is 3640. The van der Waals surface area contributed by atoms with Crippen molar-refractivity contribution in [2.75, 3.05) is 0 Å². The van der Waals surface area contributed by atoms with Crippen molar-refractivity contribution in [2.24, 2.45) is 0 Å². The monoisotopic (exact) mass is 763 g/mol. The molecule has 0 saturated heterocycles. The van der Waals surface area contributed by atoms with Gasteiger partial charge in [-0.3, -0.25) is 0 Å². The first-order chi connectivity index (χ1) is 29.8. The maximum absolute atomic E-state index is 5.12. The lowest BCUT2D eigenvalue weighted by Crippen LogP contribution is -2.01. The molecule has 5 nitrogen and oxygen atoms in total. The Morgan fingerprint density at radius 1 is 0.300 bits per heavy atom. The highest BCUT2D eigenvalue weighted by molar-refractivity contribution is 6.36. The lowest BCUT2D eigenvalue weighted by molar-refractivity contribution is 1.07. The first kappa shape index (κ1) is 32.9. The van der Waals surface area contributed by atoms with E-state index in [-0.39, 0.29) is 0 Å². The molecule has 5 heteroatoms. The SMILES string of the molecule is c1ccc(-c2nc(-c3ccccc3)nc(-c3cccc(-n4c5cc6c(c7c5c5c8c(cccc8ccc54)-c4ccccc4-7)c4ccccc4n6-c4ccccc4)c3)n2)cc1. The van der Waals surface area contributed by atoms with E-state index in [4.69, 9.17) is 15.0 Å². The lowest BCUT2D eigenvalue weighted by atomic mass is 9.91. The summed E-state index contributed by atoms with van der Waals surface area (Å²) in [4.78, 5) is 15.2. The lowest BCUT2D eigenvalue weighted by Gasteiger charge is -2.16. The molecule has 0 saturated carbocycles. The maximum atomic E-state index is 5.12. The van der Waals surface area contributed by atoms with E-state index in [2.05, 4.69) is 173 Å². The van der Waals surface area contributed by atoms with Gasteiger partial charge >= 0.3 is 0 Å². The largest absolute Gasteiger partial charge is 0.309 e. The van der Waals surface area contributed by atoms with E-state index in [9.17, 15) is 0 Å². The Labute approximate surface area is 345 Å². The molecule has 1 aliphatic carbocycles. The third kappa shape index (κ3) is 4.71. The van der Waals surface area contributed by atoms with Crippen molar-refractivity contribution in [3.05, 3.63) is 200 Å². The average Bonchev–Trinajstić information content (AvgIpc) is 3.79. The van der Waals surface area contributed by atoms with E-state index < -0.39 is 0 Å². The van der Waals surface area contributed by atoms with Crippen LogP contribution in [0.4, 0.5) is 0 Å². The fraction of sp³-hybridized carbons (Fsp3) is 0. The zero-order valence-corrected chi connectivity index (χ0v) is 32.3. The van der Waals surface area contributed by atoms with E-state index in [1.54, 1.807) is 0 Å². The molecule has 60 heavy (non-hydrogen) atoms. The molecule has 0 N–H and O–H groups in total. The minimum absolute atomic E-state index is 0.625. The van der Waals surface area contributed by atoms with Crippen molar-refractivity contribution in [3.8, 4) is 67.8 Å². The summed E-state index contributed by atoms with van der Waals surface area (Å²) < 4.78 is 4.90. The number of rotatable bonds is 5. The van der Waals surface area contributed by atoms with Gasteiger partial charge in [0.25, 0.3) is 0 Å². The van der Waals surface area contributed by atoms with Gasteiger partial charge in [-0.1, -0.05) is 158 Å². The van der Waals surface area contributed by atoms with Crippen LogP contribution < -0.4 is 0 Å². The van der Waals surface area contributed by atoms with Crippen LogP contribution in [0.1, 0.15) is 0 Å². The van der Waals surface area contributed by atoms with Crippen LogP contribution in [-0.2, 0) is 0 Å². The van der Waals surface area contributed by atoms with E-state index in [1.807, 2.05) is 36.4 Å². The Hall–Kier alpha value is -8.15. The summed E-state index contributed by atoms with van der Waals surface area (Å²) >= 11 is 0. The van der Waals surface area contributed by atoms with Gasteiger partial charge in [0.1, 0.15) is 0 Å². The number of hydrogen-bond acceptors (Lipinski definition) is 3. The minimum Gasteiger partial charge on any atom is -0.309 e. The highest BCUT2D eigenvalue weighted by Crippen LogP contribution is 2.53. The molecule has 0 amide bonds. The Kier molecular flexibility index (Phi) is 6.95. The van der Waals surface area contributed by atoms with Crippen molar-refractivity contribution in [1.82, 2.24) is 24.1 Å². The minimum atomic E-state index is 0.625. The molecule has 0 aliphatic heterocycles. The molecule has 12 aromatic rings. The molecule has 0 bridgehead atoms. The third-order valence-corrected chi connectivity index (χ3v) is 12.3. The Morgan fingerprint density at radius 2 is 0.850 bits per heavy atom. The van der Waals surface area contributed by atoms with Crippen LogP contribution in [0.2, 0.25) is 0 Å². The van der Waals surface area contributed by atoms with Gasteiger partial charge in [0, 0.05) is 55.2 Å². The number of nitrogens with zero attached hydrogens (tertiary/aromatic N) is 5. The van der Waals surface area contributed by atoms with Crippen LogP contribution in [0.15, 0.2) is 200 Å². The summed E-state index contributed by atoms with van der Waals surface area (Å²) in [6, 6.07) is 71.4. The maximum Gasteiger partial charge on any atom is 0.164 e. The van der Waals surface area contributed by atoms with Gasteiger partial charge in [-0.05, 0) is 69.9 Å². The van der Waals surface area contributed by atoms with Crippen LogP contribution >= 0.6 is 0 Å². The van der Waals surface area contributed by atoms with Crippen molar-refractivity contribution in [2.45, 2.75) is 0 Å². The number of para-hydroxylation sites is 2. The predicted octanol–water partition coefficient (Wildman–Crippen LogP) is 13.9. The molecule has 3 heterocycles. The highest BCUT2D eigenvalue weighted by Gasteiger charge is 2.29. The predicted molar refractivity (Wildman–Crippen MR) is 247 cm³/mol. The standard InChI is InChI=1S/C55H33N5/c1-4-16-35(17-5-1)53-56-54(36-18-6-2-7-19-36)58-55(57-53)37-21-14-24-39(32-37)60-45-31-30-34-20-15-28-41-40-25-10-11-26-42(40)50-49-43-27-12-13-29-44(43)59(38-22-8-3-9-23-38)46(49)33-47(60)52(50)51(45)48(34)41/h1-33H. The van der Waals surface area contributed by atoms with Crippen molar-refractivity contribution >= 4 is 54.4 Å². The highest BCUT2D eigenvalue weighted by atomic mass is 15.0. The average molecular weight is 764 g/mol. The van der Waals surface area contributed by atoms with E-state index >= 15 is 0 Å². The Balaban J connectivity index is 1.17. The summed E-state index contributed by atoms with van der Waals surface area (Å²) in [7, 11) is 0. The second-order valence-corrected chi connectivity index (χ2v) is 15.6. The van der Waals surface area contributed by atoms with Crippen LogP contribution in [0.25, 0.3) is 122 Å². The Morgan fingerprint density at radius 3 is 1.60 bits per heavy atom. The second-order valence-electron chi connectivity index (χ2n) is 15.6. The molecule has 0 spiro atoms. The number of benzene rings is 9. The fourth-order valence-electron chi connectivity index (χ4n) is 9.77. The van der Waals surface area contributed by atoms with E-state index in [1.165, 1.54) is 65.6 Å². The second kappa shape index (κ2) is 12.7. The molecule has 3 aromatic heterocycles. The molecule has 1 aliphatic rings. The van der Waals surface area contributed by atoms with Gasteiger partial charge in [-0.2, -0.15) is 0 Å². The topological polar surface area (TPSA) is 48.5 Å². The summed E-state index contributed by atoms with van der Waals surface area (Å²) in [5.41, 5.74) is 14.6. The van der Waals surface area contributed by atoms with Gasteiger partial charge in [-0.15, -0.1) is 0 Å². The molecular formula is C55H33N5. The number of fused-ring (bicyclic) bond motifs is 7. The number of aromatic nitrogens is 5. The molecule has 9 aromatic carbocycles. The molecular weight excluding hydrogens is 731 g/mol. The summed E-state index contributed by atoms with van der Waals surface area (Å²) in [6.45, 7) is 0. The van der Waals surface area contributed by atoms with E-state index in [0.717, 1.165) is 39.1 Å². The van der Waals surface area contributed by atoms with Crippen LogP contribution in [0.3, 0.4) is 0 Å². The first-order valence-corrected chi connectivity index (χ1v) is 20.4. The van der Waals surface area contributed by atoms with Crippen molar-refractivity contribution in [1.29, 1.82) is 0 Å². The molecule has 0 radical (unpaired) electrons. The zero-order valence-electron chi connectivity index (χ0n) is 32.3.